The molecule has 184 valence electrons. The van der Waals surface area contributed by atoms with Gasteiger partial charge >= 0.3 is 0 Å². The van der Waals surface area contributed by atoms with Crippen molar-refractivity contribution >= 4 is 69.6 Å². The van der Waals surface area contributed by atoms with Crippen LogP contribution in [0.2, 0.25) is 10.0 Å². The number of carbonyl (C=O) groups excluding carboxylic acids is 3. The summed E-state index contributed by atoms with van der Waals surface area (Å²) in [4.78, 5) is 39.5. The molecule has 0 radical (unpaired) electrons. The van der Waals surface area contributed by atoms with Crippen molar-refractivity contribution in [3.05, 3.63) is 98.6 Å². The maximum absolute atomic E-state index is 13.1. The fourth-order valence-electron chi connectivity index (χ4n) is 3.72. The second-order valence-electron chi connectivity index (χ2n) is 8.17. The van der Waals surface area contributed by atoms with Crippen LogP contribution in [0.15, 0.2) is 77.5 Å². The quantitative estimate of drug-likeness (QED) is 0.300. The predicted octanol–water partition coefficient (Wildman–Crippen LogP) is 7.02. The maximum Gasteiger partial charge on any atom is 0.283 e. The van der Waals surface area contributed by atoms with Gasteiger partial charge in [0.1, 0.15) is 10.7 Å². The molecule has 1 aliphatic heterocycles. The van der Waals surface area contributed by atoms with E-state index >= 15 is 0 Å². The average molecular weight is 543 g/mol. The van der Waals surface area contributed by atoms with Crippen LogP contribution in [-0.2, 0) is 16.0 Å². The minimum absolute atomic E-state index is 0.0589. The van der Waals surface area contributed by atoms with Crippen molar-refractivity contribution in [2.45, 2.75) is 26.2 Å². The van der Waals surface area contributed by atoms with Crippen LogP contribution in [0.25, 0.3) is 0 Å². The van der Waals surface area contributed by atoms with E-state index in [2.05, 4.69) is 17.6 Å². The van der Waals surface area contributed by atoms with Crippen LogP contribution < -0.4 is 15.5 Å². The zero-order valence-corrected chi connectivity index (χ0v) is 21.5. The first-order valence-electron chi connectivity index (χ1n) is 11.3. The van der Waals surface area contributed by atoms with Gasteiger partial charge < -0.3 is 10.6 Å². The monoisotopic (exact) mass is 541 g/mol. The summed E-state index contributed by atoms with van der Waals surface area (Å²) in [5.74, 6) is -1.74. The highest BCUT2D eigenvalue weighted by atomic mass is 35.5. The SMILES string of the molecule is CCCCc1ccc(NC(=O)c2cccc(NC3=C(Cl)C(=O)N(c4cccc(Cl)c4Cl)C3=O)c2)cc1. The second kappa shape index (κ2) is 11.2. The molecule has 3 amide bonds. The number of unbranched alkanes of at least 4 members (excludes halogenated alkanes) is 1. The lowest BCUT2D eigenvalue weighted by atomic mass is 10.1. The first-order chi connectivity index (χ1) is 17.3. The Labute approximate surface area is 223 Å². The maximum atomic E-state index is 13.1. The normalized spacial score (nSPS) is 13.4. The minimum Gasteiger partial charge on any atom is -0.350 e. The van der Waals surface area contributed by atoms with Gasteiger partial charge in [-0.25, -0.2) is 4.90 Å². The average Bonchev–Trinajstić information content (AvgIpc) is 3.08. The molecule has 0 bridgehead atoms. The molecule has 4 rings (SSSR count). The van der Waals surface area contributed by atoms with Crippen molar-refractivity contribution in [1.29, 1.82) is 0 Å². The van der Waals surface area contributed by atoms with E-state index < -0.39 is 11.8 Å². The lowest BCUT2D eigenvalue weighted by molar-refractivity contribution is -0.120. The summed E-state index contributed by atoms with van der Waals surface area (Å²) >= 11 is 18.5. The van der Waals surface area contributed by atoms with Crippen LogP contribution in [0.1, 0.15) is 35.7 Å². The van der Waals surface area contributed by atoms with Crippen molar-refractivity contribution in [2.24, 2.45) is 0 Å². The van der Waals surface area contributed by atoms with Crippen LogP contribution in [0.5, 0.6) is 0 Å². The molecule has 36 heavy (non-hydrogen) atoms. The summed E-state index contributed by atoms with van der Waals surface area (Å²) in [6.45, 7) is 2.15. The Hall–Kier alpha value is -3.32. The topological polar surface area (TPSA) is 78.5 Å². The Morgan fingerprint density at radius 3 is 2.33 bits per heavy atom. The molecule has 1 aliphatic rings. The van der Waals surface area contributed by atoms with Crippen molar-refractivity contribution in [3.63, 3.8) is 0 Å². The number of aryl methyl sites for hydroxylation is 1. The van der Waals surface area contributed by atoms with Gasteiger partial charge in [-0.1, -0.05) is 72.4 Å². The highest BCUT2D eigenvalue weighted by molar-refractivity contribution is 6.54. The van der Waals surface area contributed by atoms with Crippen molar-refractivity contribution in [2.75, 3.05) is 15.5 Å². The van der Waals surface area contributed by atoms with E-state index in [1.807, 2.05) is 24.3 Å². The fraction of sp³-hybridized carbons (Fsp3) is 0.148. The number of benzene rings is 3. The molecule has 0 fully saturated rings. The molecule has 0 saturated carbocycles. The lowest BCUT2D eigenvalue weighted by Crippen LogP contribution is -2.32. The molecule has 0 atom stereocenters. The molecule has 0 unspecified atom stereocenters. The summed E-state index contributed by atoms with van der Waals surface area (Å²) < 4.78 is 0. The van der Waals surface area contributed by atoms with Crippen LogP contribution in [-0.4, -0.2) is 17.7 Å². The zero-order valence-electron chi connectivity index (χ0n) is 19.3. The number of carbonyl (C=O) groups is 3. The molecule has 9 heteroatoms. The van der Waals surface area contributed by atoms with E-state index in [-0.39, 0.29) is 32.4 Å². The molecule has 3 aromatic carbocycles. The van der Waals surface area contributed by atoms with Gasteiger partial charge in [-0.15, -0.1) is 0 Å². The number of nitrogens with one attached hydrogen (secondary N) is 2. The summed E-state index contributed by atoms with van der Waals surface area (Å²) in [6.07, 6.45) is 3.24. The van der Waals surface area contributed by atoms with E-state index in [1.54, 1.807) is 36.4 Å². The van der Waals surface area contributed by atoms with E-state index in [0.29, 0.717) is 16.9 Å². The van der Waals surface area contributed by atoms with Gasteiger partial charge in [0, 0.05) is 16.9 Å². The number of amides is 3. The number of halogens is 3. The molecule has 0 aliphatic carbocycles. The summed E-state index contributed by atoms with van der Waals surface area (Å²) in [5.41, 5.74) is 2.66. The van der Waals surface area contributed by atoms with Crippen molar-refractivity contribution in [1.82, 2.24) is 0 Å². The number of rotatable bonds is 8. The van der Waals surface area contributed by atoms with Crippen molar-refractivity contribution < 1.29 is 14.4 Å². The zero-order chi connectivity index (χ0) is 25.8. The third-order valence-corrected chi connectivity index (χ3v) is 6.78. The second-order valence-corrected chi connectivity index (χ2v) is 9.33. The van der Waals surface area contributed by atoms with Gasteiger partial charge in [-0.2, -0.15) is 0 Å². The molecule has 2 N–H and O–H groups in total. The van der Waals surface area contributed by atoms with Gasteiger partial charge in [0.05, 0.1) is 15.7 Å². The standard InChI is InChI=1S/C27H22Cl3N3O3/c1-2-3-6-16-11-13-18(14-12-16)32-25(34)17-7-4-8-19(15-17)31-24-23(30)26(35)33(27(24)36)21-10-5-9-20(28)22(21)29/h4-5,7-15,31H,2-3,6H2,1H3,(H,32,34). The predicted molar refractivity (Wildman–Crippen MR) is 145 cm³/mol. The third kappa shape index (κ3) is 5.41. The van der Waals surface area contributed by atoms with Crippen molar-refractivity contribution in [3.8, 4) is 0 Å². The summed E-state index contributed by atoms with van der Waals surface area (Å²) in [6, 6.07) is 18.9. The number of hydrogen-bond donors (Lipinski definition) is 2. The van der Waals surface area contributed by atoms with E-state index in [9.17, 15) is 14.4 Å². The smallest absolute Gasteiger partial charge is 0.283 e. The Morgan fingerprint density at radius 2 is 1.61 bits per heavy atom. The third-order valence-electron chi connectivity index (χ3n) is 5.62. The minimum atomic E-state index is -0.732. The van der Waals surface area contributed by atoms with Gasteiger partial charge in [0.15, 0.2) is 0 Å². The van der Waals surface area contributed by atoms with Crippen LogP contribution >= 0.6 is 34.8 Å². The van der Waals surface area contributed by atoms with Crippen LogP contribution in [0, 0.1) is 0 Å². The molecule has 0 spiro atoms. The van der Waals surface area contributed by atoms with Gasteiger partial charge in [-0.05, 0) is 60.9 Å². The highest BCUT2D eigenvalue weighted by Crippen LogP contribution is 2.37. The summed E-state index contributed by atoms with van der Waals surface area (Å²) in [7, 11) is 0. The van der Waals surface area contributed by atoms with Gasteiger partial charge in [0.2, 0.25) is 0 Å². The van der Waals surface area contributed by atoms with E-state index in [0.717, 1.165) is 24.2 Å². The van der Waals surface area contributed by atoms with E-state index in [1.165, 1.54) is 11.6 Å². The Balaban J connectivity index is 1.49. The number of hydrogen-bond acceptors (Lipinski definition) is 4. The van der Waals surface area contributed by atoms with Crippen LogP contribution in [0.4, 0.5) is 17.1 Å². The highest BCUT2D eigenvalue weighted by Gasteiger charge is 2.40. The lowest BCUT2D eigenvalue weighted by Gasteiger charge is -2.17. The fourth-order valence-corrected chi connectivity index (χ4v) is 4.31. The first kappa shape index (κ1) is 25.8. The molecule has 0 saturated heterocycles. The van der Waals surface area contributed by atoms with E-state index in [4.69, 9.17) is 34.8 Å². The van der Waals surface area contributed by atoms with Gasteiger partial charge in [-0.3, -0.25) is 14.4 Å². The van der Waals surface area contributed by atoms with Crippen LogP contribution in [0.3, 0.4) is 0 Å². The molecule has 1 heterocycles. The molecule has 0 aromatic heterocycles. The molecular weight excluding hydrogens is 521 g/mol. The summed E-state index contributed by atoms with van der Waals surface area (Å²) in [5, 5.41) is 5.69. The number of imide groups is 1. The Bertz CT molecular complexity index is 1370. The molecular formula is C27H22Cl3N3O3. The molecule has 6 nitrogen and oxygen atoms in total. The Morgan fingerprint density at radius 1 is 0.889 bits per heavy atom. The molecule has 3 aromatic rings. The first-order valence-corrected chi connectivity index (χ1v) is 12.4. The Kier molecular flexibility index (Phi) is 7.99. The number of anilines is 3. The largest absolute Gasteiger partial charge is 0.350 e. The van der Waals surface area contributed by atoms with Gasteiger partial charge in [0.25, 0.3) is 17.7 Å². The number of nitrogens with zero attached hydrogens (tertiary/aromatic N) is 1.